The monoisotopic (exact) mass is 275 g/mol. The van der Waals surface area contributed by atoms with Crippen LogP contribution in [-0.4, -0.2) is 32.4 Å². The summed E-state index contributed by atoms with van der Waals surface area (Å²) < 4.78 is 11.4. The maximum absolute atomic E-state index is 5.96. The van der Waals surface area contributed by atoms with Gasteiger partial charge in [-0.05, 0) is 68.8 Å². The summed E-state index contributed by atoms with van der Waals surface area (Å²) in [6.45, 7) is 3.97. The number of piperidine rings is 1. The van der Waals surface area contributed by atoms with Crippen LogP contribution in [0.2, 0.25) is 0 Å². The molecule has 3 nitrogen and oxygen atoms in total. The molecule has 2 heterocycles. The lowest BCUT2D eigenvalue weighted by Crippen LogP contribution is -2.30. The first-order valence-electron chi connectivity index (χ1n) is 7.94. The Morgan fingerprint density at radius 3 is 2.75 bits per heavy atom. The van der Waals surface area contributed by atoms with Crippen LogP contribution >= 0.6 is 0 Å². The molecule has 2 atom stereocenters. The van der Waals surface area contributed by atoms with Crippen molar-refractivity contribution < 1.29 is 9.47 Å². The molecule has 110 valence electrons. The van der Waals surface area contributed by atoms with E-state index in [1.807, 2.05) is 0 Å². The van der Waals surface area contributed by atoms with Crippen molar-refractivity contribution >= 4 is 0 Å². The fraction of sp³-hybridized carbons (Fsp3) is 0.647. The van der Waals surface area contributed by atoms with Crippen LogP contribution in [0.3, 0.4) is 0 Å². The maximum Gasteiger partial charge on any atom is 0.122 e. The highest BCUT2D eigenvalue weighted by molar-refractivity contribution is 5.27. The molecular formula is C17H25NO2. The zero-order valence-corrected chi connectivity index (χ0v) is 12.1. The second-order valence-electron chi connectivity index (χ2n) is 6.02. The highest BCUT2D eigenvalue weighted by Gasteiger charge is 2.16. The van der Waals surface area contributed by atoms with Gasteiger partial charge in [0.15, 0.2) is 0 Å². The molecule has 0 radical (unpaired) electrons. The van der Waals surface area contributed by atoms with Gasteiger partial charge < -0.3 is 14.8 Å². The van der Waals surface area contributed by atoms with E-state index in [0.29, 0.717) is 0 Å². The van der Waals surface area contributed by atoms with E-state index in [0.717, 1.165) is 44.3 Å². The van der Waals surface area contributed by atoms with Crippen LogP contribution in [0, 0.1) is 5.92 Å². The van der Waals surface area contributed by atoms with Gasteiger partial charge in [0.1, 0.15) is 11.9 Å². The minimum absolute atomic E-state index is 0.233. The minimum Gasteiger partial charge on any atom is -0.488 e. The first-order chi connectivity index (χ1) is 9.90. The predicted molar refractivity (Wildman–Crippen MR) is 80.2 cm³/mol. The molecule has 2 unspecified atom stereocenters. The van der Waals surface area contributed by atoms with E-state index in [1.165, 1.54) is 31.4 Å². The zero-order chi connectivity index (χ0) is 13.6. The summed E-state index contributed by atoms with van der Waals surface area (Å²) >= 11 is 0. The molecule has 2 aliphatic heterocycles. The highest BCUT2D eigenvalue weighted by atomic mass is 16.5. The van der Waals surface area contributed by atoms with E-state index >= 15 is 0 Å². The summed E-state index contributed by atoms with van der Waals surface area (Å²) in [6, 6.07) is 8.65. The van der Waals surface area contributed by atoms with Crippen LogP contribution in [-0.2, 0) is 11.2 Å². The molecule has 3 rings (SSSR count). The van der Waals surface area contributed by atoms with E-state index in [-0.39, 0.29) is 6.10 Å². The molecule has 0 aromatic heterocycles. The van der Waals surface area contributed by atoms with Crippen LogP contribution in [0.15, 0.2) is 24.3 Å². The molecule has 0 amide bonds. The van der Waals surface area contributed by atoms with Crippen molar-refractivity contribution in [3.05, 3.63) is 29.8 Å². The van der Waals surface area contributed by atoms with Crippen LogP contribution in [0.1, 0.15) is 31.2 Å². The van der Waals surface area contributed by atoms with Crippen molar-refractivity contribution in [2.75, 3.05) is 26.3 Å². The lowest BCUT2D eigenvalue weighted by Gasteiger charge is -2.24. The van der Waals surface area contributed by atoms with Crippen LogP contribution in [0.4, 0.5) is 0 Å². The van der Waals surface area contributed by atoms with Gasteiger partial charge in [0.2, 0.25) is 0 Å². The third-order valence-electron chi connectivity index (χ3n) is 4.27. The first-order valence-corrected chi connectivity index (χ1v) is 7.94. The van der Waals surface area contributed by atoms with Gasteiger partial charge in [0.25, 0.3) is 0 Å². The number of nitrogens with one attached hydrogen (secondary N) is 1. The van der Waals surface area contributed by atoms with E-state index in [9.17, 15) is 0 Å². The Balaban J connectivity index is 1.51. The number of hydrogen-bond acceptors (Lipinski definition) is 3. The fourth-order valence-electron chi connectivity index (χ4n) is 3.13. The normalized spacial score (nSPS) is 27.2. The van der Waals surface area contributed by atoms with E-state index in [2.05, 4.69) is 29.6 Å². The Morgan fingerprint density at radius 1 is 1.15 bits per heavy atom. The Kier molecular flexibility index (Phi) is 4.93. The Hall–Kier alpha value is -1.06. The SMILES string of the molecule is c1cc(OC2CCCOC2)ccc1CC1CCCNC1. The van der Waals surface area contributed by atoms with Gasteiger partial charge in [-0.25, -0.2) is 0 Å². The van der Waals surface area contributed by atoms with Gasteiger partial charge in [-0.2, -0.15) is 0 Å². The Morgan fingerprint density at radius 2 is 2.05 bits per heavy atom. The third kappa shape index (κ3) is 3.97. The zero-order valence-electron chi connectivity index (χ0n) is 12.1. The third-order valence-corrected chi connectivity index (χ3v) is 4.27. The Labute approximate surface area is 121 Å². The van der Waals surface area contributed by atoms with Crippen molar-refractivity contribution in [2.24, 2.45) is 5.92 Å². The highest BCUT2D eigenvalue weighted by Crippen LogP contribution is 2.21. The van der Waals surface area contributed by atoms with Gasteiger partial charge in [-0.1, -0.05) is 12.1 Å². The van der Waals surface area contributed by atoms with E-state index in [4.69, 9.17) is 9.47 Å². The van der Waals surface area contributed by atoms with Gasteiger partial charge in [-0.15, -0.1) is 0 Å². The molecule has 2 saturated heterocycles. The van der Waals surface area contributed by atoms with Crippen LogP contribution in [0.5, 0.6) is 5.75 Å². The van der Waals surface area contributed by atoms with E-state index in [1.54, 1.807) is 0 Å². The molecule has 1 aromatic rings. The van der Waals surface area contributed by atoms with Gasteiger partial charge >= 0.3 is 0 Å². The Bertz CT molecular complexity index is 353. The standard InChI is InChI=1S/C17H25NO2/c1-3-15(12-18-9-1)11-14-5-7-16(8-6-14)20-17-4-2-10-19-13-17/h5-8,15,17-18H,1-4,9-13H2. The van der Waals surface area contributed by atoms with Crippen molar-refractivity contribution in [3.63, 3.8) is 0 Å². The van der Waals surface area contributed by atoms with E-state index < -0.39 is 0 Å². The largest absolute Gasteiger partial charge is 0.488 e. The molecule has 3 heteroatoms. The molecule has 1 N–H and O–H groups in total. The summed E-state index contributed by atoms with van der Waals surface area (Å²) in [7, 11) is 0. The predicted octanol–water partition coefficient (Wildman–Crippen LogP) is 2.79. The number of benzene rings is 1. The molecule has 20 heavy (non-hydrogen) atoms. The smallest absolute Gasteiger partial charge is 0.122 e. The van der Waals surface area contributed by atoms with Gasteiger partial charge in [0.05, 0.1) is 6.61 Å². The summed E-state index contributed by atoms with van der Waals surface area (Å²) in [5.41, 5.74) is 1.42. The second-order valence-corrected chi connectivity index (χ2v) is 6.02. The van der Waals surface area contributed by atoms with Crippen LogP contribution < -0.4 is 10.1 Å². The molecule has 1 aromatic carbocycles. The first kappa shape index (κ1) is 13.9. The quantitative estimate of drug-likeness (QED) is 0.916. The molecule has 0 spiro atoms. The van der Waals surface area contributed by atoms with Gasteiger partial charge in [-0.3, -0.25) is 0 Å². The number of rotatable bonds is 4. The second kappa shape index (κ2) is 7.09. The summed E-state index contributed by atoms with van der Waals surface area (Å²) in [5.74, 6) is 1.77. The molecular weight excluding hydrogens is 250 g/mol. The lowest BCUT2D eigenvalue weighted by atomic mass is 9.92. The molecule has 0 saturated carbocycles. The van der Waals surface area contributed by atoms with Gasteiger partial charge in [0, 0.05) is 6.61 Å². The summed E-state index contributed by atoms with van der Waals surface area (Å²) in [6.07, 6.45) is 6.29. The van der Waals surface area contributed by atoms with Crippen molar-refractivity contribution in [2.45, 2.75) is 38.2 Å². The molecule has 0 bridgehead atoms. The number of hydrogen-bond donors (Lipinski definition) is 1. The fourth-order valence-corrected chi connectivity index (χ4v) is 3.13. The number of ether oxygens (including phenoxy) is 2. The summed E-state index contributed by atoms with van der Waals surface area (Å²) in [5, 5.41) is 3.48. The van der Waals surface area contributed by atoms with Crippen molar-refractivity contribution in [1.82, 2.24) is 5.32 Å². The molecule has 2 aliphatic rings. The van der Waals surface area contributed by atoms with Crippen molar-refractivity contribution in [1.29, 1.82) is 0 Å². The lowest BCUT2D eigenvalue weighted by molar-refractivity contribution is 0.00742. The topological polar surface area (TPSA) is 30.5 Å². The minimum atomic E-state index is 0.233. The average Bonchev–Trinajstić information content (AvgIpc) is 2.51. The molecule has 0 aliphatic carbocycles. The van der Waals surface area contributed by atoms with Crippen LogP contribution in [0.25, 0.3) is 0 Å². The maximum atomic E-state index is 5.96. The average molecular weight is 275 g/mol. The summed E-state index contributed by atoms with van der Waals surface area (Å²) in [4.78, 5) is 0. The molecule has 2 fully saturated rings. The van der Waals surface area contributed by atoms with Crippen molar-refractivity contribution in [3.8, 4) is 5.75 Å².